The van der Waals surface area contributed by atoms with Crippen molar-refractivity contribution in [3.8, 4) is 5.75 Å². The van der Waals surface area contributed by atoms with E-state index in [1.165, 1.54) is 0 Å². The summed E-state index contributed by atoms with van der Waals surface area (Å²) in [7, 11) is 2.00. The molecule has 2 nitrogen and oxygen atoms in total. The van der Waals surface area contributed by atoms with Crippen LogP contribution in [0.4, 0.5) is 5.69 Å². The molecule has 0 saturated carbocycles. The van der Waals surface area contributed by atoms with Gasteiger partial charge in [0.05, 0.1) is 5.69 Å². The van der Waals surface area contributed by atoms with Gasteiger partial charge in [-0.1, -0.05) is 12.1 Å². The van der Waals surface area contributed by atoms with Crippen molar-refractivity contribution >= 4 is 5.69 Å². The molecule has 1 aromatic rings. The third-order valence-electron chi connectivity index (χ3n) is 2.02. The van der Waals surface area contributed by atoms with Gasteiger partial charge in [0.1, 0.15) is 0 Å². The van der Waals surface area contributed by atoms with E-state index >= 15 is 0 Å². The molecule has 0 radical (unpaired) electrons. The Morgan fingerprint density at radius 1 is 1.33 bits per heavy atom. The van der Waals surface area contributed by atoms with Gasteiger partial charge in [-0.25, -0.2) is 0 Å². The summed E-state index contributed by atoms with van der Waals surface area (Å²) < 4.78 is 5.56. The summed E-state index contributed by atoms with van der Waals surface area (Å²) in [6.07, 6.45) is 1.96. The second-order valence-corrected chi connectivity index (χ2v) is 2.76. The highest BCUT2D eigenvalue weighted by Gasteiger charge is 2.20. The summed E-state index contributed by atoms with van der Waals surface area (Å²) in [5.41, 5.74) is 1.13. The van der Waals surface area contributed by atoms with Gasteiger partial charge in [0.2, 0.25) is 0 Å². The Hall–Kier alpha value is -1.44. The Kier molecular flexibility index (Phi) is 1.54. The van der Waals surface area contributed by atoms with E-state index in [4.69, 9.17) is 4.74 Å². The van der Waals surface area contributed by atoms with Crippen LogP contribution in [0, 0.1) is 0 Å². The molecular formula is C10H11NO. The normalized spacial score (nSPS) is 17.8. The molecule has 0 aliphatic carbocycles. The molecule has 2 heteroatoms. The Bertz CT molecular complexity index is 330. The van der Waals surface area contributed by atoms with Gasteiger partial charge in [0.25, 0.3) is 0 Å². The van der Waals surface area contributed by atoms with E-state index in [9.17, 15) is 0 Å². The Labute approximate surface area is 72.1 Å². The van der Waals surface area contributed by atoms with E-state index in [1.54, 1.807) is 0 Å². The number of para-hydroxylation sites is 2. The maximum Gasteiger partial charge on any atom is 0.196 e. The highest BCUT2D eigenvalue weighted by Crippen LogP contribution is 2.36. The van der Waals surface area contributed by atoms with E-state index in [0.29, 0.717) is 0 Å². The monoisotopic (exact) mass is 161 g/mol. The molecule has 0 bridgehead atoms. The zero-order chi connectivity index (χ0) is 8.55. The van der Waals surface area contributed by atoms with Crippen LogP contribution in [0.2, 0.25) is 0 Å². The fourth-order valence-corrected chi connectivity index (χ4v) is 1.37. The smallest absolute Gasteiger partial charge is 0.196 e. The molecule has 0 unspecified atom stereocenters. The van der Waals surface area contributed by atoms with Gasteiger partial charge in [-0.15, -0.1) is 0 Å². The van der Waals surface area contributed by atoms with Gasteiger partial charge in [0.15, 0.2) is 11.6 Å². The molecular weight excluding hydrogens is 150 g/mol. The summed E-state index contributed by atoms with van der Waals surface area (Å²) in [4.78, 5) is 2.04. The lowest BCUT2D eigenvalue weighted by Gasteiger charge is -2.09. The van der Waals surface area contributed by atoms with Crippen LogP contribution in [0.15, 0.2) is 36.2 Å². The maximum atomic E-state index is 5.56. The van der Waals surface area contributed by atoms with Crippen molar-refractivity contribution in [1.82, 2.24) is 0 Å². The lowest BCUT2D eigenvalue weighted by molar-refractivity contribution is 0.442. The largest absolute Gasteiger partial charge is 0.439 e. The molecule has 1 aliphatic heterocycles. The van der Waals surface area contributed by atoms with Gasteiger partial charge in [-0.2, -0.15) is 0 Å². The Balaban J connectivity index is 2.49. The van der Waals surface area contributed by atoms with Crippen LogP contribution in [-0.2, 0) is 0 Å². The summed E-state index contributed by atoms with van der Waals surface area (Å²) >= 11 is 0. The molecule has 0 saturated heterocycles. The van der Waals surface area contributed by atoms with Crippen molar-refractivity contribution in [2.75, 3.05) is 11.9 Å². The van der Waals surface area contributed by atoms with Crippen LogP contribution in [-0.4, -0.2) is 7.05 Å². The first kappa shape index (κ1) is 7.22. The topological polar surface area (TPSA) is 12.5 Å². The highest BCUT2D eigenvalue weighted by atomic mass is 16.5. The van der Waals surface area contributed by atoms with Gasteiger partial charge in [-0.05, 0) is 25.1 Å². The first-order chi connectivity index (χ1) is 5.83. The molecule has 0 atom stereocenters. The van der Waals surface area contributed by atoms with Crippen molar-refractivity contribution in [2.45, 2.75) is 6.92 Å². The van der Waals surface area contributed by atoms with Gasteiger partial charge >= 0.3 is 0 Å². The predicted octanol–water partition coefficient (Wildman–Crippen LogP) is 2.38. The molecule has 2 rings (SSSR count). The summed E-state index contributed by atoms with van der Waals surface area (Å²) in [5, 5.41) is 0. The number of hydrogen-bond donors (Lipinski definition) is 0. The van der Waals surface area contributed by atoms with Gasteiger partial charge in [-0.3, -0.25) is 0 Å². The Morgan fingerprint density at radius 2 is 2.08 bits per heavy atom. The van der Waals surface area contributed by atoms with E-state index < -0.39 is 0 Å². The third-order valence-corrected chi connectivity index (χ3v) is 2.02. The van der Waals surface area contributed by atoms with Gasteiger partial charge in [0, 0.05) is 7.05 Å². The van der Waals surface area contributed by atoms with Crippen molar-refractivity contribution in [1.29, 1.82) is 0 Å². The number of benzene rings is 1. The third kappa shape index (κ3) is 0.881. The fourth-order valence-electron chi connectivity index (χ4n) is 1.37. The quantitative estimate of drug-likeness (QED) is 0.579. The van der Waals surface area contributed by atoms with Crippen LogP contribution in [0.5, 0.6) is 5.75 Å². The average molecular weight is 161 g/mol. The minimum Gasteiger partial charge on any atom is -0.439 e. The van der Waals surface area contributed by atoms with E-state index in [2.05, 4.69) is 0 Å². The van der Waals surface area contributed by atoms with Crippen molar-refractivity contribution < 1.29 is 4.74 Å². The molecule has 62 valence electrons. The molecule has 1 aliphatic rings. The second-order valence-electron chi connectivity index (χ2n) is 2.76. The lowest BCUT2D eigenvalue weighted by atomic mass is 10.3. The number of allylic oxidation sites excluding steroid dienone is 1. The standard InChI is InChI=1S/C10H11NO/c1-3-10-11(2)8-6-4-5-7-9(8)12-10/h3-7H,1-2H3. The molecule has 0 aromatic heterocycles. The van der Waals surface area contributed by atoms with Crippen molar-refractivity contribution in [2.24, 2.45) is 0 Å². The van der Waals surface area contributed by atoms with Gasteiger partial charge < -0.3 is 9.64 Å². The van der Waals surface area contributed by atoms with Crippen LogP contribution < -0.4 is 9.64 Å². The summed E-state index contributed by atoms with van der Waals surface area (Å²) in [6.45, 7) is 1.97. The zero-order valence-electron chi connectivity index (χ0n) is 7.24. The summed E-state index contributed by atoms with van der Waals surface area (Å²) in [6, 6.07) is 8.01. The first-order valence-electron chi connectivity index (χ1n) is 4.00. The molecule has 1 aromatic carbocycles. The van der Waals surface area contributed by atoms with E-state index in [0.717, 1.165) is 17.3 Å². The average Bonchev–Trinajstić information content (AvgIpc) is 2.44. The molecule has 0 amide bonds. The second kappa shape index (κ2) is 2.55. The number of fused-ring (bicyclic) bond motifs is 1. The van der Waals surface area contributed by atoms with Crippen LogP contribution in [0.1, 0.15) is 6.92 Å². The van der Waals surface area contributed by atoms with Crippen LogP contribution in [0.25, 0.3) is 0 Å². The highest BCUT2D eigenvalue weighted by molar-refractivity contribution is 5.65. The zero-order valence-corrected chi connectivity index (χ0v) is 7.24. The molecule has 1 heterocycles. The molecule has 0 spiro atoms. The van der Waals surface area contributed by atoms with Crippen molar-refractivity contribution in [3.63, 3.8) is 0 Å². The minimum absolute atomic E-state index is 0.899. The van der Waals surface area contributed by atoms with E-state index in [1.807, 2.05) is 49.2 Å². The number of hydrogen-bond acceptors (Lipinski definition) is 2. The molecule has 12 heavy (non-hydrogen) atoms. The first-order valence-corrected chi connectivity index (χ1v) is 4.00. The SMILES string of the molecule is CC=C1Oc2ccccc2N1C. The minimum atomic E-state index is 0.899. The number of rotatable bonds is 0. The van der Waals surface area contributed by atoms with Crippen LogP contribution in [0.3, 0.4) is 0 Å². The number of ether oxygens (including phenoxy) is 1. The lowest BCUT2D eigenvalue weighted by Crippen LogP contribution is -2.12. The van der Waals surface area contributed by atoms with Crippen molar-refractivity contribution in [3.05, 3.63) is 36.2 Å². The summed E-state index contributed by atoms with van der Waals surface area (Å²) in [5.74, 6) is 1.84. The molecule has 0 N–H and O–H groups in total. The Morgan fingerprint density at radius 3 is 2.75 bits per heavy atom. The fraction of sp³-hybridized carbons (Fsp3) is 0.200. The maximum absolute atomic E-state index is 5.56. The predicted molar refractivity (Wildman–Crippen MR) is 49.2 cm³/mol. The van der Waals surface area contributed by atoms with Crippen LogP contribution >= 0.6 is 0 Å². The number of anilines is 1. The molecule has 0 fully saturated rings. The number of nitrogens with zero attached hydrogens (tertiary/aromatic N) is 1. The van der Waals surface area contributed by atoms with E-state index in [-0.39, 0.29) is 0 Å².